The van der Waals surface area contributed by atoms with Crippen molar-refractivity contribution < 1.29 is 13.6 Å². The summed E-state index contributed by atoms with van der Waals surface area (Å²) >= 11 is 0. The van der Waals surface area contributed by atoms with Gasteiger partial charge in [-0.25, -0.2) is 13.8 Å². The van der Waals surface area contributed by atoms with Crippen LogP contribution in [0.2, 0.25) is 0 Å². The van der Waals surface area contributed by atoms with Gasteiger partial charge in [-0.05, 0) is 24.5 Å². The van der Waals surface area contributed by atoms with Crippen LogP contribution in [0.4, 0.5) is 8.78 Å². The summed E-state index contributed by atoms with van der Waals surface area (Å²) in [5.74, 6) is -1.38. The van der Waals surface area contributed by atoms with Gasteiger partial charge >= 0.3 is 0 Å². The fourth-order valence-corrected chi connectivity index (χ4v) is 3.86. The highest BCUT2D eigenvalue weighted by atomic mass is 19.2. The van der Waals surface area contributed by atoms with Crippen molar-refractivity contribution in [3.8, 4) is 0 Å². The number of aryl methyl sites for hydroxylation is 2. The summed E-state index contributed by atoms with van der Waals surface area (Å²) in [6.07, 6.45) is 0.992. The molecule has 1 aliphatic heterocycles. The number of rotatable bonds is 4. The first-order valence-corrected chi connectivity index (χ1v) is 9.88. The van der Waals surface area contributed by atoms with Crippen LogP contribution >= 0.6 is 0 Å². The summed E-state index contributed by atoms with van der Waals surface area (Å²) < 4.78 is 28.8. The van der Waals surface area contributed by atoms with Crippen LogP contribution < -0.4 is 5.32 Å². The summed E-state index contributed by atoms with van der Waals surface area (Å²) in [7, 11) is 0. The second-order valence-electron chi connectivity index (χ2n) is 7.44. The van der Waals surface area contributed by atoms with Gasteiger partial charge < -0.3 is 14.8 Å². The first kappa shape index (κ1) is 19.5. The molecule has 1 aliphatic rings. The molecule has 0 radical (unpaired) electrons. The maximum absolute atomic E-state index is 13.7. The number of amides is 1. The lowest BCUT2D eigenvalue weighted by atomic mass is 10.0. The molecule has 29 heavy (non-hydrogen) atoms. The van der Waals surface area contributed by atoms with Crippen molar-refractivity contribution >= 4 is 16.9 Å². The summed E-state index contributed by atoms with van der Waals surface area (Å²) in [6, 6.07) is 10.7. The number of imidazole rings is 1. The van der Waals surface area contributed by atoms with Gasteiger partial charge in [0.05, 0.1) is 11.0 Å². The van der Waals surface area contributed by atoms with Crippen LogP contribution in [-0.2, 0) is 17.8 Å². The van der Waals surface area contributed by atoms with E-state index >= 15 is 0 Å². The quantitative estimate of drug-likeness (QED) is 0.733. The molecule has 0 bridgehead atoms. The number of piperazine rings is 1. The summed E-state index contributed by atoms with van der Waals surface area (Å²) in [6.45, 7) is 5.79. The average Bonchev–Trinajstić information content (AvgIpc) is 3.02. The zero-order valence-electron chi connectivity index (χ0n) is 16.6. The van der Waals surface area contributed by atoms with E-state index in [4.69, 9.17) is 0 Å². The molecule has 1 unspecified atom stereocenters. The predicted octanol–water partition coefficient (Wildman–Crippen LogP) is 3.36. The molecule has 1 N–H and O–H groups in total. The maximum atomic E-state index is 13.7. The number of hydrogen-bond donors (Lipinski definition) is 1. The Balaban J connectivity index is 1.51. The van der Waals surface area contributed by atoms with Crippen molar-refractivity contribution in [2.45, 2.75) is 32.9 Å². The number of carbonyl (C=O) groups excluding carboxylic acids is 1. The molecular weight excluding hydrogens is 374 g/mol. The Morgan fingerprint density at radius 2 is 1.93 bits per heavy atom. The molecule has 1 fully saturated rings. The van der Waals surface area contributed by atoms with Crippen molar-refractivity contribution in [1.29, 1.82) is 0 Å². The standard InChI is InChI=1S/C22H24F2N4O/c1-3-15-4-6-16(7-5-15)20-12-27(9-8-25-20)22(29)13-28-14(2)26-19-10-17(23)18(24)11-21(19)28/h4-7,10-11,20,25H,3,8-9,12-13H2,1-2H3. The highest BCUT2D eigenvalue weighted by Crippen LogP contribution is 2.22. The van der Waals surface area contributed by atoms with Gasteiger partial charge in [-0.1, -0.05) is 31.2 Å². The predicted molar refractivity (Wildman–Crippen MR) is 108 cm³/mol. The molecule has 7 heteroatoms. The minimum absolute atomic E-state index is 0.0505. The maximum Gasteiger partial charge on any atom is 0.242 e. The number of carbonyl (C=O) groups is 1. The molecule has 0 aliphatic carbocycles. The van der Waals surface area contributed by atoms with Crippen molar-refractivity contribution in [2.75, 3.05) is 19.6 Å². The van der Waals surface area contributed by atoms with E-state index in [9.17, 15) is 13.6 Å². The molecule has 0 saturated carbocycles. The van der Waals surface area contributed by atoms with Gasteiger partial charge in [-0.15, -0.1) is 0 Å². The minimum atomic E-state index is -0.941. The number of hydrogen-bond acceptors (Lipinski definition) is 3. The highest BCUT2D eigenvalue weighted by Gasteiger charge is 2.25. The Morgan fingerprint density at radius 3 is 2.66 bits per heavy atom. The molecule has 5 nitrogen and oxygen atoms in total. The van der Waals surface area contributed by atoms with Crippen LogP contribution in [0.15, 0.2) is 36.4 Å². The largest absolute Gasteiger partial charge is 0.338 e. The summed E-state index contributed by atoms with van der Waals surface area (Å²) in [5.41, 5.74) is 3.21. The van der Waals surface area contributed by atoms with E-state index in [1.165, 1.54) is 5.56 Å². The van der Waals surface area contributed by atoms with Crippen LogP contribution in [0.25, 0.3) is 11.0 Å². The van der Waals surface area contributed by atoms with Crippen LogP contribution in [0.5, 0.6) is 0 Å². The Morgan fingerprint density at radius 1 is 1.21 bits per heavy atom. The monoisotopic (exact) mass is 398 g/mol. The topological polar surface area (TPSA) is 50.2 Å². The fourth-order valence-electron chi connectivity index (χ4n) is 3.86. The number of aromatic nitrogens is 2. The summed E-state index contributed by atoms with van der Waals surface area (Å²) in [5, 5.41) is 3.47. The van der Waals surface area contributed by atoms with Gasteiger partial charge in [0.15, 0.2) is 11.6 Å². The van der Waals surface area contributed by atoms with E-state index in [2.05, 4.69) is 41.5 Å². The Kier molecular flexibility index (Phi) is 5.32. The third-order valence-electron chi connectivity index (χ3n) is 5.59. The van der Waals surface area contributed by atoms with Crippen LogP contribution in [0.1, 0.15) is 29.9 Å². The number of fused-ring (bicyclic) bond motifs is 1. The first-order valence-electron chi connectivity index (χ1n) is 9.88. The summed E-state index contributed by atoms with van der Waals surface area (Å²) in [4.78, 5) is 19.1. The third kappa shape index (κ3) is 3.87. The van der Waals surface area contributed by atoms with E-state index in [0.29, 0.717) is 36.5 Å². The van der Waals surface area contributed by atoms with E-state index in [1.54, 1.807) is 11.5 Å². The zero-order valence-corrected chi connectivity index (χ0v) is 16.6. The van der Waals surface area contributed by atoms with E-state index in [-0.39, 0.29) is 18.5 Å². The lowest BCUT2D eigenvalue weighted by Crippen LogP contribution is -2.49. The van der Waals surface area contributed by atoms with Gasteiger partial charge in [0.25, 0.3) is 0 Å². The third-order valence-corrected chi connectivity index (χ3v) is 5.59. The second kappa shape index (κ2) is 7.91. The van der Waals surface area contributed by atoms with Crippen molar-refractivity contribution in [2.24, 2.45) is 0 Å². The molecule has 1 saturated heterocycles. The van der Waals surface area contributed by atoms with Gasteiger partial charge in [-0.3, -0.25) is 4.79 Å². The van der Waals surface area contributed by atoms with E-state index in [1.807, 2.05) is 4.90 Å². The van der Waals surface area contributed by atoms with Gasteiger partial charge in [0.2, 0.25) is 5.91 Å². The zero-order chi connectivity index (χ0) is 20.5. The molecule has 152 valence electrons. The number of nitrogens with one attached hydrogen (secondary N) is 1. The smallest absolute Gasteiger partial charge is 0.242 e. The van der Waals surface area contributed by atoms with Crippen LogP contribution in [0, 0.1) is 18.6 Å². The van der Waals surface area contributed by atoms with E-state index in [0.717, 1.165) is 24.1 Å². The van der Waals surface area contributed by atoms with Crippen LogP contribution in [-0.4, -0.2) is 40.0 Å². The van der Waals surface area contributed by atoms with Crippen molar-refractivity contribution in [1.82, 2.24) is 19.8 Å². The lowest BCUT2D eigenvalue weighted by Gasteiger charge is -2.34. The van der Waals surface area contributed by atoms with E-state index < -0.39 is 11.6 Å². The number of benzene rings is 2. The van der Waals surface area contributed by atoms with Crippen LogP contribution in [0.3, 0.4) is 0 Å². The molecule has 2 heterocycles. The highest BCUT2D eigenvalue weighted by molar-refractivity contribution is 5.81. The minimum Gasteiger partial charge on any atom is -0.338 e. The molecule has 3 aromatic rings. The molecule has 1 aromatic heterocycles. The van der Waals surface area contributed by atoms with Gasteiger partial charge in [0, 0.05) is 37.8 Å². The van der Waals surface area contributed by atoms with Crippen molar-refractivity contribution in [3.63, 3.8) is 0 Å². The Labute approximate surface area is 168 Å². The first-order chi connectivity index (χ1) is 14.0. The fraction of sp³-hybridized carbons (Fsp3) is 0.364. The average molecular weight is 398 g/mol. The molecule has 2 aromatic carbocycles. The van der Waals surface area contributed by atoms with Gasteiger partial charge in [0.1, 0.15) is 12.4 Å². The van der Waals surface area contributed by atoms with Gasteiger partial charge in [-0.2, -0.15) is 0 Å². The molecule has 1 amide bonds. The number of halogens is 2. The Bertz CT molecular complexity index is 1050. The molecular formula is C22H24F2N4O. The second-order valence-corrected chi connectivity index (χ2v) is 7.44. The molecule has 1 atom stereocenters. The SMILES string of the molecule is CCc1ccc(C2CN(C(=O)Cn3c(C)nc4cc(F)c(F)cc43)CCN2)cc1. The Hall–Kier alpha value is -2.80. The molecule has 4 rings (SSSR count). The normalized spacial score (nSPS) is 17.1. The lowest BCUT2D eigenvalue weighted by molar-refractivity contribution is -0.133. The number of nitrogens with zero attached hydrogens (tertiary/aromatic N) is 3. The molecule has 0 spiro atoms. The van der Waals surface area contributed by atoms with Crippen molar-refractivity contribution in [3.05, 3.63) is 65.0 Å².